The van der Waals surface area contributed by atoms with E-state index in [1.807, 2.05) is 24.3 Å². The van der Waals surface area contributed by atoms with Gasteiger partial charge in [-0.2, -0.15) is 0 Å². The molecule has 0 radical (unpaired) electrons. The van der Waals surface area contributed by atoms with Crippen molar-refractivity contribution in [1.82, 2.24) is 4.90 Å². The number of amides is 1. The first-order chi connectivity index (χ1) is 10.2. The molecule has 2 rings (SSSR count). The molecule has 0 aliphatic carbocycles. The third-order valence-electron chi connectivity index (χ3n) is 3.58. The number of aliphatic hydroxyl groups is 1. The van der Waals surface area contributed by atoms with Crippen LogP contribution in [0.25, 0.3) is 0 Å². The molecule has 1 unspecified atom stereocenters. The topological polar surface area (TPSA) is 49.8 Å². The number of carbonyl (C=O) groups excluding carboxylic acids is 1. The number of benzene rings is 1. The van der Waals surface area contributed by atoms with Gasteiger partial charge < -0.3 is 14.7 Å². The molecule has 1 heterocycles. The monoisotopic (exact) mass is 287 g/mol. The smallest absolute Gasteiger partial charge is 0.225 e. The average molecular weight is 287 g/mol. The summed E-state index contributed by atoms with van der Waals surface area (Å²) in [7, 11) is 1.80. The molecule has 0 aromatic heterocycles. The van der Waals surface area contributed by atoms with E-state index >= 15 is 0 Å². The molecular weight excluding hydrogens is 266 g/mol. The summed E-state index contributed by atoms with van der Waals surface area (Å²) in [5.74, 6) is 5.66. The third-order valence-corrected chi connectivity index (χ3v) is 3.58. The van der Waals surface area contributed by atoms with E-state index in [-0.39, 0.29) is 18.6 Å². The van der Waals surface area contributed by atoms with Gasteiger partial charge in [0.25, 0.3) is 0 Å². The Labute approximate surface area is 125 Å². The molecule has 0 spiro atoms. The zero-order chi connectivity index (χ0) is 15.1. The van der Waals surface area contributed by atoms with E-state index in [9.17, 15) is 4.79 Å². The van der Waals surface area contributed by atoms with Gasteiger partial charge in [-0.15, -0.1) is 0 Å². The van der Waals surface area contributed by atoms with E-state index in [2.05, 4.69) is 11.8 Å². The van der Waals surface area contributed by atoms with Crippen LogP contribution in [0.15, 0.2) is 24.3 Å². The van der Waals surface area contributed by atoms with Crippen molar-refractivity contribution in [1.29, 1.82) is 0 Å². The van der Waals surface area contributed by atoms with Crippen LogP contribution < -0.4 is 0 Å². The molecule has 4 nitrogen and oxygen atoms in total. The number of hydrogen-bond donors (Lipinski definition) is 1. The first-order valence-electron chi connectivity index (χ1n) is 7.24. The minimum absolute atomic E-state index is 0.0735. The maximum absolute atomic E-state index is 12.2. The fourth-order valence-electron chi connectivity index (χ4n) is 2.41. The molecule has 1 aliphatic heterocycles. The van der Waals surface area contributed by atoms with E-state index in [1.54, 1.807) is 11.9 Å². The van der Waals surface area contributed by atoms with Gasteiger partial charge in [0.2, 0.25) is 5.91 Å². The second-order valence-corrected chi connectivity index (χ2v) is 5.21. The van der Waals surface area contributed by atoms with Crippen LogP contribution >= 0.6 is 0 Å². The highest BCUT2D eigenvalue weighted by Gasteiger charge is 2.21. The van der Waals surface area contributed by atoms with Gasteiger partial charge in [-0.25, -0.2) is 0 Å². The standard InChI is InChI=1S/C17H21NO3/c1-18(17(20)12-16-9-5-11-21-16)13-15-7-3-2-6-14(15)8-4-10-19/h2-3,6-7,16,19H,5,9-13H2,1H3. The molecule has 1 amide bonds. The van der Waals surface area contributed by atoms with Gasteiger partial charge in [-0.3, -0.25) is 4.79 Å². The van der Waals surface area contributed by atoms with Crippen molar-refractivity contribution in [3.63, 3.8) is 0 Å². The van der Waals surface area contributed by atoms with Gasteiger partial charge in [0.15, 0.2) is 0 Å². The molecule has 1 N–H and O–H groups in total. The summed E-state index contributed by atoms with van der Waals surface area (Å²) in [4.78, 5) is 13.9. The molecule has 1 saturated heterocycles. The Kier molecular flexibility index (Phi) is 5.79. The lowest BCUT2D eigenvalue weighted by atomic mass is 10.1. The lowest BCUT2D eigenvalue weighted by Crippen LogP contribution is -2.29. The Morgan fingerprint density at radius 1 is 1.48 bits per heavy atom. The van der Waals surface area contributed by atoms with Crippen LogP contribution in [-0.2, 0) is 16.1 Å². The number of hydrogen-bond acceptors (Lipinski definition) is 3. The zero-order valence-corrected chi connectivity index (χ0v) is 12.3. The van der Waals surface area contributed by atoms with Crippen LogP contribution in [0.2, 0.25) is 0 Å². The lowest BCUT2D eigenvalue weighted by molar-refractivity contribution is -0.132. The van der Waals surface area contributed by atoms with Gasteiger partial charge in [-0.1, -0.05) is 30.0 Å². The summed E-state index contributed by atoms with van der Waals surface area (Å²) in [5, 5.41) is 8.80. The van der Waals surface area contributed by atoms with E-state index in [0.29, 0.717) is 13.0 Å². The Bertz CT molecular complexity index is 538. The number of nitrogens with zero attached hydrogens (tertiary/aromatic N) is 1. The van der Waals surface area contributed by atoms with Crippen molar-refractivity contribution in [2.24, 2.45) is 0 Å². The van der Waals surface area contributed by atoms with Gasteiger partial charge in [0, 0.05) is 25.8 Å². The molecule has 0 bridgehead atoms. The summed E-state index contributed by atoms with van der Waals surface area (Å²) < 4.78 is 5.50. The molecule has 1 aromatic rings. The third kappa shape index (κ3) is 4.59. The summed E-state index contributed by atoms with van der Waals surface area (Å²) >= 11 is 0. The predicted octanol–water partition coefficient (Wildman–Crippen LogP) is 1.56. The first-order valence-corrected chi connectivity index (χ1v) is 7.24. The van der Waals surface area contributed by atoms with E-state index in [1.165, 1.54) is 0 Å². The van der Waals surface area contributed by atoms with Gasteiger partial charge >= 0.3 is 0 Å². The molecule has 1 atom stereocenters. The number of ether oxygens (including phenoxy) is 1. The second-order valence-electron chi connectivity index (χ2n) is 5.21. The van der Waals surface area contributed by atoms with Crippen molar-refractivity contribution in [3.05, 3.63) is 35.4 Å². The first kappa shape index (κ1) is 15.6. The molecule has 1 aliphatic rings. The van der Waals surface area contributed by atoms with Crippen LogP contribution in [0.3, 0.4) is 0 Å². The van der Waals surface area contributed by atoms with Gasteiger partial charge in [0.1, 0.15) is 6.61 Å². The Balaban J connectivity index is 1.98. The largest absolute Gasteiger partial charge is 0.384 e. The van der Waals surface area contributed by atoms with Crippen molar-refractivity contribution in [3.8, 4) is 11.8 Å². The Morgan fingerprint density at radius 3 is 3.00 bits per heavy atom. The fourth-order valence-corrected chi connectivity index (χ4v) is 2.41. The molecular formula is C17H21NO3. The summed E-state index contributed by atoms with van der Waals surface area (Å²) in [6.07, 6.45) is 2.53. The molecule has 21 heavy (non-hydrogen) atoms. The van der Waals surface area contributed by atoms with Crippen LogP contribution in [-0.4, -0.2) is 42.3 Å². The normalized spacial score (nSPS) is 17.1. The second kappa shape index (κ2) is 7.82. The van der Waals surface area contributed by atoms with Crippen LogP contribution in [0.1, 0.15) is 30.4 Å². The van der Waals surface area contributed by atoms with Crippen LogP contribution in [0.4, 0.5) is 0 Å². The number of rotatable bonds is 4. The minimum atomic E-state index is -0.165. The van der Waals surface area contributed by atoms with Gasteiger partial charge in [0.05, 0.1) is 12.5 Å². The molecule has 1 fully saturated rings. The van der Waals surface area contributed by atoms with Gasteiger partial charge in [-0.05, 0) is 24.5 Å². The van der Waals surface area contributed by atoms with Crippen LogP contribution in [0.5, 0.6) is 0 Å². The summed E-state index contributed by atoms with van der Waals surface area (Å²) in [6.45, 7) is 1.12. The van der Waals surface area contributed by atoms with Crippen molar-refractivity contribution in [2.45, 2.75) is 31.9 Å². The van der Waals surface area contributed by atoms with Crippen molar-refractivity contribution >= 4 is 5.91 Å². The molecule has 1 aromatic carbocycles. The highest BCUT2D eigenvalue weighted by atomic mass is 16.5. The molecule has 112 valence electrons. The lowest BCUT2D eigenvalue weighted by Gasteiger charge is -2.20. The van der Waals surface area contributed by atoms with E-state index in [4.69, 9.17) is 9.84 Å². The molecule has 0 saturated carbocycles. The average Bonchev–Trinajstić information content (AvgIpc) is 2.99. The van der Waals surface area contributed by atoms with E-state index in [0.717, 1.165) is 30.6 Å². The summed E-state index contributed by atoms with van der Waals surface area (Å²) in [6, 6.07) is 7.69. The van der Waals surface area contributed by atoms with Crippen LogP contribution in [0, 0.1) is 11.8 Å². The Morgan fingerprint density at radius 2 is 2.29 bits per heavy atom. The maximum Gasteiger partial charge on any atom is 0.225 e. The number of carbonyl (C=O) groups is 1. The minimum Gasteiger partial charge on any atom is -0.384 e. The molecule has 4 heteroatoms. The fraction of sp³-hybridized carbons (Fsp3) is 0.471. The zero-order valence-electron chi connectivity index (χ0n) is 12.3. The number of aliphatic hydroxyl groups excluding tert-OH is 1. The highest BCUT2D eigenvalue weighted by Crippen LogP contribution is 2.17. The Hall–Kier alpha value is -1.83. The van der Waals surface area contributed by atoms with Crippen molar-refractivity contribution < 1.29 is 14.6 Å². The highest BCUT2D eigenvalue weighted by molar-refractivity contribution is 5.76. The maximum atomic E-state index is 12.2. The van der Waals surface area contributed by atoms with Crippen molar-refractivity contribution in [2.75, 3.05) is 20.3 Å². The quantitative estimate of drug-likeness (QED) is 0.855. The van der Waals surface area contributed by atoms with E-state index < -0.39 is 0 Å². The predicted molar refractivity (Wildman–Crippen MR) is 80.5 cm³/mol. The summed E-state index contributed by atoms with van der Waals surface area (Å²) in [5.41, 5.74) is 1.84. The SMILES string of the molecule is CN(Cc1ccccc1C#CCO)C(=O)CC1CCCO1.